The van der Waals surface area contributed by atoms with Crippen molar-refractivity contribution in [2.45, 2.75) is 26.4 Å². The maximum absolute atomic E-state index is 9.27. The lowest BCUT2D eigenvalue weighted by Gasteiger charge is -2.11. The molecule has 0 aliphatic heterocycles. The number of nitrogens with one attached hydrogen (secondary N) is 2. The van der Waals surface area contributed by atoms with Crippen LogP contribution in [0, 0.1) is 0 Å². The number of aliphatic hydroxyl groups is 2. The van der Waals surface area contributed by atoms with Gasteiger partial charge in [-0.2, -0.15) is 15.0 Å². The first-order chi connectivity index (χ1) is 9.19. The van der Waals surface area contributed by atoms with Crippen molar-refractivity contribution in [3.8, 4) is 6.01 Å². The van der Waals surface area contributed by atoms with Crippen LogP contribution in [0.2, 0.25) is 0 Å². The number of rotatable bonds is 9. The molecule has 1 rings (SSSR count). The molecule has 8 nitrogen and oxygen atoms in total. The summed E-state index contributed by atoms with van der Waals surface area (Å²) in [6.07, 6.45) is 0.0844. The Morgan fingerprint density at radius 3 is 2.42 bits per heavy atom. The van der Waals surface area contributed by atoms with E-state index in [-0.39, 0.29) is 19.2 Å². The van der Waals surface area contributed by atoms with Crippen LogP contribution in [0.3, 0.4) is 0 Å². The average Bonchev–Trinajstić information content (AvgIpc) is 2.42. The lowest BCUT2D eigenvalue weighted by atomic mass is 10.4. The third-order valence-corrected chi connectivity index (χ3v) is 2.13. The second-order valence-corrected chi connectivity index (χ2v) is 3.84. The van der Waals surface area contributed by atoms with E-state index in [0.29, 0.717) is 18.5 Å². The molecule has 1 atom stereocenters. The predicted molar refractivity (Wildman–Crippen MR) is 71.4 cm³/mol. The van der Waals surface area contributed by atoms with Gasteiger partial charge in [0.1, 0.15) is 0 Å². The van der Waals surface area contributed by atoms with Crippen LogP contribution in [-0.2, 0) is 0 Å². The Labute approximate surface area is 112 Å². The summed E-state index contributed by atoms with van der Waals surface area (Å²) in [5, 5.41) is 23.9. The average molecular weight is 271 g/mol. The van der Waals surface area contributed by atoms with Gasteiger partial charge in [0.2, 0.25) is 11.9 Å². The van der Waals surface area contributed by atoms with Gasteiger partial charge in [-0.25, -0.2) is 0 Å². The van der Waals surface area contributed by atoms with Crippen LogP contribution < -0.4 is 15.4 Å². The topological polar surface area (TPSA) is 112 Å². The first-order valence-electron chi connectivity index (χ1n) is 6.35. The fraction of sp³-hybridized carbons (Fsp3) is 0.727. The second-order valence-electron chi connectivity index (χ2n) is 3.84. The number of aliphatic hydroxyl groups excluding tert-OH is 2. The van der Waals surface area contributed by atoms with Gasteiger partial charge in [0.15, 0.2) is 0 Å². The van der Waals surface area contributed by atoms with E-state index in [2.05, 4.69) is 25.6 Å². The largest absolute Gasteiger partial charge is 0.464 e. The third kappa shape index (κ3) is 5.66. The van der Waals surface area contributed by atoms with Crippen LogP contribution in [-0.4, -0.2) is 57.6 Å². The normalized spacial score (nSPS) is 12.0. The van der Waals surface area contributed by atoms with Gasteiger partial charge in [0.05, 0.1) is 19.3 Å². The molecule has 0 aliphatic rings. The third-order valence-electron chi connectivity index (χ3n) is 2.13. The summed E-state index contributed by atoms with van der Waals surface area (Å²) in [5.74, 6) is 0.714. The van der Waals surface area contributed by atoms with Crippen LogP contribution in [0.4, 0.5) is 11.9 Å². The quantitative estimate of drug-likeness (QED) is 0.491. The predicted octanol–water partition coefficient (Wildman–Crippen LogP) is -0.143. The van der Waals surface area contributed by atoms with Crippen molar-refractivity contribution in [2.24, 2.45) is 0 Å². The highest BCUT2D eigenvalue weighted by atomic mass is 16.5. The Bertz CT molecular complexity index is 377. The molecule has 1 aromatic heterocycles. The van der Waals surface area contributed by atoms with Crippen LogP contribution in [0.15, 0.2) is 0 Å². The summed E-state index contributed by atoms with van der Waals surface area (Å²) < 4.78 is 5.25. The van der Waals surface area contributed by atoms with Crippen molar-refractivity contribution in [1.82, 2.24) is 15.0 Å². The molecular formula is C11H21N5O3. The number of ether oxygens (including phenoxy) is 1. The Morgan fingerprint density at radius 2 is 1.84 bits per heavy atom. The van der Waals surface area contributed by atoms with E-state index in [4.69, 9.17) is 9.84 Å². The molecule has 1 heterocycles. The molecule has 1 unspecified atom stereocenters. The van der Waals surface area contributed by atoms with E-state index in [9.17, 15) is 5.11 Å². The fourth-order valence-corrected chi connectivity index (χ4v) is 1.22. The van der Waals surface area contributed by atoms with Gasteiger partial charge in [-0.15, -0.1) is 0 Å². The first-order valence-corrected chi connectivity index (χ1v) is 6.35. The first kappa shape index (κ1) is 15.4. The molecular weight excluding hydrogens is 250 g/mol. The summed E-state index contributed by atoms with van der Waals surface area (Å²) in [6, 6.07) is 0.220. The highest BCUT2D eigenvalue weighted by Crippen LogP contribution is 2.11. The van der Waals surface area contributed by atoms with E-state index in [1.54, 1.807) is 0 Å². The van der Waals surface area contributed by atoms with E-state index in [1.807, 2.05) is 13.8 Å². The van der Waals surface area contributed by atoms with Crippen molar-refractivity contribution >= 4 is 11.9 Å². The van der Waals surface area contributed by atoms with E-state index < -0.39 is 6.10 Å². The maximum atomic E-state index is 9.27. The summed E-state index contributed by atoms with van der Waals surface area (Å²) in [7, 11) is 0. The van der Waals surface area contributed by atoms with Crippen molar-refractivity contribution in [3.63, 3.8) is 0 Å². The maximum Gasteiger partial charge on any atom is 0.323 e. The van der Waals surface area contributed by atoms with Crippen LogP contribution in [0.25, 0.3) is 0 Å². The Morgan fingerprint density at radius 1 is 1.16 bits per heavy atom. The van der Waals surface area contributed by atoms with Gasteiger partial charge in [-0.05, 0) is 13.3 Å². The molecule has 0 radical (unpaired) electrons. The van der Waals surface area contributed by atoms with Crippen molar-refractivity contribution in [2.75, 3.05) is 36.9 Å². The zero-order valence-electron chi connectivity index (χ0n) is 11.3. The number of anilines is 2. The number of nitrogens with zero attached hydrogens (tertiary/aromatic N) is 3. The van der Waals surface area contributed by atoms with Crippen LogP contribution >= 0.6 is 0 Å². The minimum absolute atomic E-state index is 0.152. The lowest BCUT2D eigenvalue weighted by molar-refractivity contribution is 0.105. The minimum atomic E-state index is -0.862. The van der Waals surface area contributed by atoms with Gasteiger partial charge < -0.3 is 25.6 Å². The standard InChI is InChI=1S/C11H21N5O3/c1-3-5-12-9-14-10(13-6-8(18)7-17)16-11(15-9)19-4-2/h8,17-18H,3-7H2,1-2H3,(H2,12,13,14,15,16). The molecule has 108 valence electrons. The van der Waals surface area contributed by atoms with Gasteiger partial charge in [-0.1, -0.05) is 6.92 Å². The molecule has 4 N–H and O–H groups in total. The molecule has 1 aromatic rings. The summed E-state index contributed by atoms with van der Waals surface area (Å²) in [4.78, 5) is 12.3. The lowest BCUT2D eigenvalue weighted by Crippen LogP contribution is -2.24. The molecule has 0 spiro atoms. The Hall–Kier alpha value is -1.67. The number of hydrogen-bond acceptors (Lipinski definition) is 8. The van der Waals surface area contributed by atoms with Crippen molar-refractivity contribution < 1.29 is 14.9 Å². The molecule has 0 amide bonds. The molecule has 0 saturated heterocycles. The van der Waals surface area contributed by atoms with Gasteiger partial charge in [0, 0.05) is 13.1 Å². The monoisotopic (exact) mass is 271 g/mol. The highest BCUT2D eigenvalue weighted by molar-refractivity contribution is 5.35. The summed E-state index contributed by atoms with van der Waals surface area (Å²) in [6.45, 7) is 4.90. The van der Waals surface area contributed by atoms with E-state index in [1.165, 1.54) is 0 Å². The fourth-order valence-electron chi connectivity index (χ4n) is 1.22. The second kappa shape index (κ2) is 8.44. The molecule has 0 aromatic carbocycles. The number of hydrogen-bond donors (Lipinski definition) is 4. The van der Waals surface area contributed by atoms with Crippen molar-refractivity contribution in [1.29, 1.82) is 0 Å². The molecule has 0 bridgehead atoms. The molecule has 0 fully saturated rings. The molecule has 8 heteroatoms. The minimum Gasteiger partial charge on any atom is -0.464 e. The highest BCUT2D eigenvalue weighted by Gasteiger charge is 2.08. The van der Waals surface area contributed by atoms with Gasteiger partial charge >= 0.3 is 6.01 Å². The SMILES string of the molecule is CCCNc1nc(NCC(O)CO)nc(OCC)n1. The molecule has 0 aliphatic carbocycles. The van der Waals surface area contributed by atoms with Gasteiger partial charge in [-0.3, -0.25) is 0 Å². The van der Waals surface area contributed by atoms with E-state index in [0.717, 1.165) is 13.0 Å². The van der Waals surface area contributed by atoms with Gasteiger partial charge in [0.25, 0.3) is 0 Å². The zero-order chi connectivity index (χ0) is 14.1. The summed E-state index contributed by atoms with van der Waals surface area (Å²) >= 11 is 0. The van der Waals surface area contributed by atoms with Crippen molar-refractivity contribution in [3.05, 3.63) is 0 Å². The summed E-state index contributed by atoms with van der Waals surface area (Å²) in [5.41, 5.74) is 0. The number of aromatic nitrogens is 3. The Balaban J connectivity index is 2.73. The molecule has 0 saturated carbocycles. The smallest absolute Gasteiger partial charge is 0.323 e. The van der Waals surface area contributed by atoms with Crippen LogP contribution in [0.5, 0.6) is 6.01 Å². The Kier molecular flexibility index (Phi) is 6.83. The zero-order valence-corrected chi connectivity index (χ0v) is 11.3. The van der Waals surface area contributed by atoms with Crippen LogP contribution in [0.1, 0.15) is 20.3 Å². The molecule has 19 heavy (non-hydrogen) atoms. The van der Waals surface area contributed by atoms with E-state index >= 15 is 0 Å².